The zero-order valence-corrected chi connectivity index (χ0v) is 13.2. The van der Waals surface area contributed by atoms with Crippen molar-refractivity contribution in [1.82, 2.24) is 4.90 Å². The minimum Gasteiger partial charge on any atom is -0.388 e. The Morgan fingerprint density at radius 3 is 2.55 bits per heavy atom. The number of methoxy groups -OCH3 is 1. The first-order valence-electron chi connectivity index (χ1n) is 8.06. The molecule has 6 atom stereocenters. The highest BCUT2D eigenvalue weighted by molar-refractivity contribution is 5.03. The van der Waals surface area contributed by atoms with E-state index in [2.05, 4.69) is 11.9 Å². The molecule has 2 saturated heterocycles. The average Bonchev–Trinajstić information content (AvgIpc) is 2.85. The van der Waals surface area contributed by atoms with E-state index in [1.807, 2.05) is 21.0 Å². The van der Waals surface area contributed by atoms with E-state index in [-0.39, 0.29) is 18.4 Å². The van der Waals surface area contributed by atoms with Crippen LogP contribution in [0, 0.1) is 11.8 Å². The van der Waals surface area contributed by atoms with Gasteiger partial charge >= 0.3 is 0 Å². The molecule has 0 aromatic carbocycles. The molecule has 4 nitrogen and oxygen atoms in total. The van der Waals surface area contributed by atoms with Gasteiger partial charge < -0.3 is 14.6 Å². The van der Waals surface area contributed by atoms with Gasteiger partial charge in [0.25, 0.3) is 0 Å². The molecule has 0 spiro atoms. The van der Waals surface area contributed by atoms with Crippen molar-refractivity contribution in [2.75, 3.05) is 14.2 Å². The molecule has 0 amide bonds. The largest absolute Gasteiger partial charge is 0.388 e. The summed E-state index contributed by atoms with van der Waals surface area (Å²) in [7, 11) is 4.04. The van der Waals surface area contributed by atoms with Crippen LogP contribution in [-0.4, -0.2) is 54.2 Å². The summed E-state index contributed by atoms with van der Waals surface area (Å²) >= 11 is 0. The number of hydrogen-bond donors (Lipinski definition) is 1. The predicted octanol–water partition coefficient (Wildman–Crippen LogP) is 2.01. The van der Waals surface area contributed by atoms with Crippen molar-refractivity contribution in [3.8, 4) is 0 Å². The van der Waals surface area contributed by atoms with Gasteiger partial charge in [-0.3, -0.25) is 4.90 Å². The van der Waals surface area contributed by atoms with Gasteiger partial charge in [-0.05, 0) is 40.2 Å². The Kier molecular flexibility index (Phi) is 3.87. The molecule has 1 N–H and O–H groups in total. The Morgan fingerprint density at radius 2 is 1.90 bits per heavy atom. The fourth-order valence-corrected chi connectivity index (χ4v) is 4.72. The summed E-state index contributed by atoms with van der Waals surface area (Å²) in [6.07, 6.45) is 6.36. The second-order valence-electron chi connectivity index (χ2n) is 7.45. The number of piperidine rings is 1. The second-order valence-corrected chi connectivity index (χ2v) is 7.45. The summed E-state index contributed by atoms with van der Waals surface area (Å²) in [5.41, 5.74) is -0.776. The van der Waals surface area contributed by atoms with Crippen molar-refractivity contribution >= 4 is 0 Å². The quantitative estimate of drug-likeness (QED) is 0.842. The van der Waals surface area contributed by atoms with Crippen molar-refractivity contribution in [2.45, 2.75) is 76.0 Å². The molecule has 2 heterocycles. The maximum Gasteiger partial charge on any atom is 0.116 e. The number of fused-ring (bicyclic) bond motifs is 2. The number of nitrogens with zero attached hydrogens (tertiary/aromatic N) is 1. The Hall–Kier alpha value is -0.160. The van der Waals surface area contributed by atoms with E-state index in [1.54, 1.807) is 0 Å². The summed E-state index contributed by atoms with van der Waals surface area (Å²) in [6, 6.07) is 0.579. The summed E-state index contributed by atoms with van der Waals surface area (Å²) in [6.45, 7) is 3.70. The van der Waals surface area contributed by atoms with Crippen LogP contribution >= 0.6 is 0 Å². The third-order valence-corrected chi connectivity index (χ3v) is 5.77. The van der Waals surface area contributed by atoms with Crippen LogP contribution in [0.25, 0.3) is 0 Å². The summed E-state index contributed by atoms with van der Waals surface area (Å²) in [5, 5.41) is 10.3. The van der Waals surface area contributed by atoms with Gasteiger partial charge in [-0.25, -0.2) is 0 Å². The Balaban J connectivity index is 1.85. The van der Waals surface area contributed by atoms with Gasteiger partial charge in [0.2, 0.25) is 0 Å². The van der Waals surface area contributed by atoms with Gasteiger partial charge in [-0.2, -0.15) is 0 Å². The van der Waals surface area contributed by atoms with Gasteiger partial charge in [0.1, 0.15) is 6.23 Å². The lowest BCUT2D eigenvalue weighted by atomic mass is 9.71. The lowest BCUT2D eigenvalue weighted by molar-refractivity contribution is -0.183. The van der Waals surface area contributed by atoms with E-state index in [9.17, 15) is 5.11 Å². The first-order chi connectivity index (χ1) is 9.43. The van der Waals surface area contributed by atoms with E-state index in [0.717, 1.165) is 6.42 Å². The molecule has 0 radical (unpaired) electrons. The lowest BCUT2D eigenvalue weighted by Crippen LogP contribution is -2.59. The first-order valence-corrected chi connectivity index (χ1v) is 8.06. The molecule has 3 aliphatic rings. The molecule has 20 heavy (non-hydrogen) atoms. The fraction of sp³-hybridized carbons (Fsp3) is 1.00. The Labute approximate surface area is 122 Å². The molecule has 3 rings (SSSR count). The molecule has 2 aliphatic heterocycles. The van der Waals surface area contributed by atoms with Crippen LogP contribution in [0.4, 0.5) is 0 Å². The highest BCUT2D eigenvalue weighted by Gasteiger charge is 2.55. The van der Waals surface area contributed by atoms with E-state index < -0.39 is 5.60 Å². The second kappa shape index (κ2) is 5.24. The van der Waals surface area contributed by atoms with Crippen LogP contribution in [-0.2, 0) is 9.47 Å². The van der Waals surface area contributed by atoms with Crippen molar-refractivity contribution in [3.63, 3.8) is 0 Å². The molecule has 0 aromatic heterocycles. The summed E-state index contributed by atoms with van der Waals surface area (Å²) in [5.74, 6) is 1.02. The van der Waals surface area contributed by atoms with Crippen LogP contribution in [0.1, 0.15) is 46.0 Å². The highest BCUT2D eigenvalue weighted by Crippen LogP contribution is 2.47. The third-order valence-electron chi connectivity index (χ3n) is 5.77. The molecule has 6 unspecified atom stereocenters. The van der Waals surface area contributed by atoms with Crippen molar-refractivity contribution < 1.29 is 14.6 Å². The normalized spacial score (nSPS) is 46.0. The van der Waals surface area contributed by atoms with Crippen LogP contribution in [0.5, 0.6) is 0 Å². The Morgan fingerprint density at radius 1 is 1.20 bits per heavy atom. The lowest BCUT2D eigenvalue weighted by Gasteiger charge is -2.51. The molecule has 1 saturated carbocycles. The number of ether oxygens (including phenoxy) is 2. The van der Waals surface area contributed by atoms with Crippen molar-refractivity contribution in [1.29, 1.82) is 0 Å². The maximum atomic E-state index is 10.3. The van der Waals surface area contributed by atoms with Crippen molar-refractivity contribution in [3.05, 3.63) is 0 Å². The fourth-order valence-electron chi connectivity index (χ4n) is 4.72. The Bertz CT molecular complexity index is 354. The smallest absolute Gasteiger partial charge is 0.116 e. The highest BCUT2D eigenvalue weighted by atomic mass is 16.5. The van der Waals surface area contributed by atoms with E-state index in [1.165, 1.54) is 25.7 Å². The SMILES string of the molecule is COC1C2CCCCC2N(C)C2OC(C(C)(C)O)CC12. The summed E-state index contributed by atoms with van der Waals surface area (Å²) < 4.78 is 12.1. The van der Waals surface area contributed by atoms with E-state index in [0.29, 0.717) is 17.9 Å². The minimum atomic E-state index is -0.776. The van der Waals surface area contributed by atoms with Gasteiger partial charge in [0.15, 0.2) is 0 Å². The molecule has 3 fully saturated rings. The van der Waals surface area contributed by atoms with Crippen LogP contribution in [0.3, 0.4) is 0 Å². The molecule has 0 aromatic rings. The van der Waals surface area contributed by atoms with Crippen molar-refractivity contribution in [2.24, 2.45) is 11.8 Å². The molecule has 116 valence electrons. The number of aliphatic hydroxyl groups is 1. The van der Waals surface area contributed by atoms with E-state index >= 15 is 0 Å². The van der Waals surface area contributed by atoms with E-state index in [4.69, 9.17) is 9.47 Å². The predicted molar refractivity (Wildman–Crippen MR) is 77.4 cm³/mol. The minimum absolute atomic E-state index is 0.0854. The topological polar surface area (TPSA) is 41.9 Å². The van der Waals surface area contributed by atoms with Gasteiger partial charge in [-0.1, -0.05) is 12.8 Å². The first kappa shape index (κ1) is 14.8. The van der Waals surface area contributed by atoms with Gasteiger partial charge in [0.05, 0.1) is 17.8 Å². The zero-order valence-electron chi connectivity index (χ0n) is 13.2. The maximum absolute atomic E-state index is 10.3. The number of hydrogen-bond acceptors (Lipinski definition) is 4. The number of rotatable bonds is 2. The van der Waals surface area contributed by atoms with Crippen LogP contribution in [0.15, 0.2) is 0 Å². The average molecular weight is 283 g/mol. The van der Waals surface area contributed by atoms with Crippen LogP contribution < -0.4 is 0 Å². The number of likely N-dealkylation sites (tertiary alicyclic amines) is 1. The molecule has 0 bridgehead atoms. The standard InChI is InChI=1S/C16H29NO3/c1-16(2,18)13-9-11-14(19-4)10-7-5-6-8-12(10)17(3)15(11)20-13/h10-15,18H,5-9H2,1-4H3. The van der Waals surface area contributed by atoms with Gasteiger partial charge in [-0.15, -0.1) is 0 Å². The molecular weight excluding hydrogens is 254 g/mol. The molecule has 1 aliphatic carbocycles. The zero-order chi connectivity index (χ0) is 14.5. The molecule has 4 heteroatoms. The third kappa shape index (κ3) is 2.31. The summed E-state index contributed by atoms with van der Waals surface area (Å²) in [4.78, 5) is 2.43. The monoisotopic (exact) mass is 283 g/mol. The van der Waals surface area contributed by atoms with Gasteiger partial charge in [0, 0.05) is 25.0 Å². The van der Waals surface area contributed by atoms with Crippen LogP contribution in [0.2, 0.25) is 0 Å². The molecular formula is C16H29NO3.